The standard InChI is InChI=1S/C25H24N4O3S/c1-17(2)16-27-33(31,32)20-9-7-19(8-10-20)28-25(30)22-15-24(18-11-13-26-14-12-18)29-23-6-4-3-5-21(22)23/h3-15,17,27H,16H2,1-2H3,(H,28,30). The number of rotatable bonds is 7. The van der Waals surface area contributed by atoms with Gasteiger partial charge in [-0.2, -0.15) is 0 Å². The van der Waals surface area contributed by atoms with Crippen LogP contribution in [-0.4, -0.2) is 30.8 Å². The Balaban J connectivity index is 1.62. The highest BCUT2D eigenvalue weighted by molar-refractivity contribution is 7.89. The summed E-state index contributed by atoms with van der Waals surface area (Å²) in [5, 5.41) is 3.59. The summed E-state index contributed by atoms with van der Waals surface area (Å²) in [6, 6.07) is 19.0. The molecule has 0 atom stereocenters. The van der Waals surface area contributed by atoms with E-state index in [0.29, 0.717) is 29.0 Å². The van der Waals surface area contributed by atoms with Crippen LogP contribution in [0.25, 0.3) is 22.2 Å². The molecule has 2 N–H and O–H groups in total. The van der Waals surface area contributed by atoms with E-state index >= 15 is 0 Å². The van der Waals surface area contributed by atoms with Gasteiger partial charge in [0.2, 0.25) is 10.0 Å². The monoisotopic (exact) mass is 460 g/mol. The Morgan fingerprint density at radius 3 is 2.36 bits per heavy atom. The van der Waals surface area contributed by atoms with Crippen molar-refractivity contribution in [3.8, 4) is 11.3 Å². The molecule has 0 aliphatic carbocycles. The van der Waals surface area contributed by atoms with Crippen LogP contribution in [0.2, 0.25) is 0 Å². The molecule has 33 heavy (non-hydrogen) atoms. The SMILES string of the molecule is CC(C)CNS(=O)(=O)c1ccc(NC(=O)c2cc(-c3ccncc3)nc3ccccc23)cc1. The molecule has 0 unspecified atom stereocenters. The average Bonchev–Trinajstić information content (AvgIpc) is 2.83. The van der Waals surface area contributed by atoms with E-state index in [-0.39, 0.29) is 16.7 Å². The number of carbonyl (C=O) groups excluding carboxylic acids is 1. The van der Waals surface area contributed by atoms with Crippen LogP contribution in [0.15, 0.2) is 84.0 Å². The molecule has 168 valence electrons. The van der Waals surface area contributed by atoms with Crippen LogP contribution in [0.5, 0.6) is 0 Å². The smallest absolute Gasteiger partial charge is 0.256 e. The molecule has 2 aromatic heterocycles. The van der Waals surface area contributed by atoms with Crippen LogP contribution in [0.1, 0.15) is 24.2 Å². The minimum Gasteiger partial charge on any atom is -0.322 e. The Labute approximate surface area is 193 Å². The predicted octanol–water partition coefficient (Wildman–Crippen LogP) is 4.48. The van der Waals surface area contributed by atoms with E-state index in [2.05, 4.69) is 20.0 Å². The van der Waals surface area contributed by atoms with Gasteiger partial charge in [0.15, 0.2) is 0 Å². The van der Waals surface area contributed by atoms with Crippen LogP contribution in [0.3, 0.4) is 0 Å². The highest BCUT2D eigenvalue weighted by Gasteiger charge is 2.16. The van der Waals surface area contributed by atoms with Gasteiger partial charge in [0.25, 0.3) is 5.91 Å². The van der Waals surface area contributed by atoms with Crippen molar-refractivity contribution in [2.45, 2.75) is 18.7 Å². The normalized spacial score (nSPS) is 11.6. The fourth-order valence-corrected chi connectivity index (χ4v) is 4.52. The first-order chi connectivity index (χ1) is 15.8. The third kappa shape index (κ3) is 5.24. The quantitative estimate of drug-likeness (QED) is 0.423. The minimum absolute atomic E-state index is 0.149. The Hall–Kier alpha value is -3.62. The number of nitrogens with zero attached hydrogens (tertiary/aromatic N) is 2. The summed E-state index contributed by atoms with van der Waals surface area (Å²) < 4.78 is 27.4. The van der Waals surface area contributed by atoms with Crippen molar-refractivity contribution in [3.63, 3.8) is 0 Å². The molecule has 0 fully saturated rings. The lowest BCUT2D eigenvalue weighted by molar-refractivity contribution is 0.102. The van der Waals surface area contributed by atoms with Crippen molar-refractivity contribution in [2.24, 2.45) is 5.92 Å². The van der Waals surface area contributed by atoms with Crippen LogP contribution in [0, 0.1) is 5.92 Å². The van der Waals surface area contributed by atoms with Crippen molar-refractivity contribution in [1.82, 2.24) is 14.7 Å². The summed E-state index contributed by atoms with van der Waals surface area (Å²) in [5.41, 5.74) is 3.19. The van der Waals surface area contributed by atoms with Gasteiger partial charge in [0, 0.05) is 35.6 Å². The topological polar surface area (TPSA) is 101 Å². The number of nitrogens with one attached hydrogen (secondary N) is 2. The maximum Gasteiger partial charge on any atom is 0.256 e. The number of aromatic nitrogens is 2. The molecular formula is C25H24N4O3S. The van der Waals surface area contributed by atoms with Crippen LogP contribution >= 0.6 is 0 Å². The molecule has 0 saturated carbocycles. The van der Waals surface area contributed by atoms with E-state index in [1.165, 1.54) is 12.1 Å². The molecule has 7 nitrogen and oxygen atoms in total. The number of pyridine rings is 2. The molecule has 0 aliphatic heterocycles. The number of hydrogen-bond acceptors (Lipinski definition) is 5. The number of amides is 1. The van der Waals surface area contributed by atoms with E-state index < -0.39 is 10.0 Å². The summed E-state index contributed by atoms with van der Waals surface area (Å²) in [5.74, 6) is -0.108. The lowest BCUT2D eigenvalue weighted by Crippen LogP contribution is -2.27. The van der Waals surface area contributed by atoms with Crippen LogP contribution < -0.4 is 10.0 Å². The number of hydrogen-bond donors (Lipinski definition) is 2. The Kier molecular flexibility index (Phi) is 6.48. The molecule has 0 aliphatic rings. The van der Waals surface area contributed by atoms with Gasteiger partial charge in [-0.05, 0) is 54.4 Å². The van der Waals surface area contributed by atoms with Gasteiger partial charge in [-0.15, -0.1) is 0 Å². The summed E-state index contributed by atoms with van der Waals surface area (Å²) in [7, 11) is -3.59. The number of fused-ring (bicyclic) bond motifs is 1. The maximum absolute atomic E-state index is 13.2. The van der Waals surface area contributed by atoms with E-state index in [4.69, 9.17) is 0 Å². The van der Waals surface area contributed by atoms with E-state index in [9.17, 15) is 13.2 Å². The molecule has 0 bridgehead atoms. The van der Waals surface area contributed by atoms with Gasteiger partial charge in [-0.3, -0.25) is 9.78 Å². The number of sulfonamides is 1. The molecule has 8 heteroatoms. The molecule has 0 radical (unpaired) electrons. The molecule has 0 saturated heterocycles. The van der Waals surface area contributed by atoms with Crippen LogP contribution in [-0.2, 0) is 10.0 Å². The number of benzene rings is 2. The number of carbonyl (C=O) groups is 1. The molecular weight excluding hydrogens is 436 g/mol. The van der Waals surface area contributed by atoms with E-state index in [1.807, 2.05) is 50.2 Å². The van der Waals surface area contributed by atoms with Gasteiger partial charge >= 0.3 is 0 Å². The summed E-state index contributed by atoms with van der Waals surface area (Å²) in [4.78, 5) is 22.1. The Morgan fingerprint density at radius 1 is 0.970 bits per heavy atom. The second-order valence-corrected chi connectivity index (χ2v) is 9.80. The van der Waals surface area contributed by atoms with Crippen molar-refractivity contribution < 1.29 is 13.2 Å². The van der Waals surface area contributed by atoms with Gasteiger partial charge in [0.1, 0.15) is 0 Å². The second kappa shape index (κ2) is 9.48. The van der Waals surface area contributed by atoms with Gasteiger partial charge in [-0.25, -0.2) is 18.1 Å². The van der Waals surface area contributed by atoms with E-state index in [1.54, 1.807) is 30.6 Å². The van der Waals surface area contributed by atoms with Crippen molar-refractivity contribution in [3.05, 3.63) is 84.7 Å². The van der Waals surface area contributed by atoms with Crippen molar-refractivity contribution in [2.75, 3.05) is 11.9 Å². The molecule has 0 spiro atoms. The van der Waals surface area contributed by atoms with Crippen molar-refractivity contribution >= 4 is 32.5 Å². The Bertz CT molecular complexity index is 1390. The van der Waals surface area contributed by atoms with Gasteiger partial charge < -0.3 is 5.32 Å². The molecule has 1 amide bonds. The molecule has 2 heterocycles. The predicted molar refractivity (Wildman–Crippen MR) is 129 cm³/mol. The highest BCUT2D eigenvalue weighted by atomic mass is 32.2. The van der Waals surface area contributed by atoms with Gasteiger partial charge in [0.05, 0.1) is 21.7 Å². The fourth-order valence-electron chi connectivity index (χ4n) is 3.31. The summed E-state index contributed by atoms with van der Waals surface area (Å²) >= 11 is 0. The van der Waals surface area contributed by atoms with Crippen molar-refractivity contribution in [1.29, 1.82) is 0 Å². The summed E-state index contributed by atoms with van der Waals surface area (Å²) in [6.45, 7) is 4.23. The molecule has 4 rings (SSSR count). The highest BCUT2D eigenvalue weighted by Crippen LogP contribution is 2.25. The number of para-hydroxylation sites is 1. The lowest BCUT2D eigenvalue weighted by Gasteiger charge is -2.12. The third-order valence-corrected chi connectivity index (χ3v) is 6.48. The largest absolute Gasteiger partial charge is 0.322 e. The fraction of sp³-hybridized carbons (Fsp3) is 0.160. The third-order valence-electron chi connectivity index (χ3n) is 5.04. The lowest BCUT2D eigenvalue weighted by atomic mass is 10.0. The zero-order valence-corrected chi connectivity index (χ0v) is 19.1. The number of anilines is 1. The average molecular weight is 461 g/mol. The van der Waals surface area contributed by atoms with E-state index in [0.717, 1.165) is 10.9 Å². The maximum atomic E-state index is 13.2. The zero-order valence-electron chi connectivity index (χ0n) is 18.3. The zero-order chi connectivity index (χ0) is 23.4. The Morgan fingerprint density at radius 2 is 1.67 bits per heavy atom. The molecule has 4 aromatic rings. The first kappa shape index (κ1) is 22.6. The second-order valence-electron chi connectivity index (χ2n) is 8.03. The summed E-state index contributed by atoms with van der Waals surface area (Å²) in [6.07, 6.45) is 3.36. The first-order valence-electron chi connectivity index (χ1n) is 10.5. The minimum atomic E-state index is -3.59. The van der Waals surface area contributed by atoms with Crippen LogP contribution in [0.4, 0.5) is 5.69 Å². The van der Waals surface area contributed by atoms with Gasteiger partial charge in [-0.1, -0.05) is 32.0 Å². The molecule has 2 aromatic carbocycles. The first-order valence-corrected chi connectivity index (χ1v) is 12.0.